The molecular weight excluding hydrogens is 352 g/mol. The number of esters is 1. The molecular formula is C19H30N2O6. The van der Waals surface area contributed by atoms with E-state index in [1.807, 2.05) is 20.8 Å². The molecule has 1 saturated carbocycles. The summed E-state index contributed by atoms with van der Waals surface area (Å²) in [6.07, 6.45) is 1.42. The summed E-state index contributed by atoms with van der Waals surface area (Å²) in [6, 6.07) is 0.113. The van der Waals surface area contributed by atoms with Crippen LogP contribution in [0.3, 0.4) is 0 Å². The van der Waals surface area contributed by atoms with Crippen LogP contribution >= 0.6 is 0 Å². The Bertz CT molecular complexity index is 644. The fraction of sp³-hybridized carbons (Fsp3) is 0.737. The standard InChI is InChI=1S/C19H30N2O6/c1-18(2,3)26-16(23)20-13(15(22)25-7)8-11-10-21(14-9-12(11)14)17(24)27-19(4,5)6/h8,11-12,14H,9-10H2,1-7H3,(H,20,23)/b13-8+/t11-,12-,14-/m0/s1. The molecule has 1 saturated heterocycles. The summed E-state index contributed by atoms with van der Waals surface area (Å²) in [7, 11) is 1.24. The average molecular weight is 382 g/mol. The van der Waals surface area contributed by atoms with Crippen molar-refractivity contribution in [2.75, 3.05) is 13.7 Å². The first-order valence-electron chi connectivity index (χ1n) is 9.10. The van der Waals surface area contributed by atoms with Crippen LogP contribution in [0, 0.1) is 11.8 Å². The predicted molar refractivity (Wildman–Crippen MR) is 97.8 cm³/mol. The lowest BCUT2D eigenvalue weighted by molar-refractivity contribution is -0.136. The summed E-state index contributed by atoms with van der Waals surface area (Å²) >= 11 is 0. The van der Waals surface area contributed by atoms with Gasteiger partial charge in [0.1, 0.15) is 16.9 Å². The van der Waals surface area contributed by atoms with Gasteiger partial charge in [0.25, 0.3) is 0 Å². The number of hydrogen-bond donors (Lipinski definition) is 1. The lowest BCUT2D eigenvalue weighted by Gasteiger charge is -2.26. The fourth-order valence-corrected chi connectivity index (χ4v) is 3.12. The Morgan fingerprint density at radius 2 is 1.63 bits per heavy atom. The van der Waals surface area contributed by atoms with Gasteiger partial charge in [-0.05, 0) is 60.0 Å². The number of rotatable bonds is 3. The molecule has 0 aromatic carbocycles. The highest BCUT2D eigenvalue weighted by Gasteiger charge is 2.55. The number of amides is 2. The van der Waals surface area contributed by atoms with Crippen LogP contribution < -0.4 is 5.32 Å². The van der Waals surface area contributed by atoms with Crippen LogP contribution in [0.2, 0.25) is 0 Å². The summed E-state index contributed by atoms with van der Waals surface area (Å²) in [5, 5.41) is 2.46. The van der Waals surface area contributed by atoms with E-state index in [-0.39, 0.29) is 29.7 Å². The molecule has 0 spiro atoms. The second-order valence-electron chi connectivity index (χ2n) is 8.96. The van der Waals surface area contributed by atoms with Crippen molar-refractivity contribution in [3.8, 4) is 0 Å². The zero-order valence-electron chi connectivity index (χ0n) is 17.1. The first-order valence-corrected chi connectivity index (χ1v) is 9.10. The average Bonchev–Trinajstić information content (AvgIpc) is 3.19. The lowest BCUT2D eigenvalue weighted by atomic mass is 10.0. The maximum absolute atomic E-state index is 12.4. The number of nitrogens with zero attached hydrogens (tertiary/aromatic N) is 1. The molecule has 0 aromatic heterocycles. The van der Waals surface area contributed by atoms with Crippen LogP contribution in [0.15, 0.2) is 11.8 Å². The predicted octanol–water partition coefficient (Wildman–Crippen LogP) is 2.82. The Morgan fingerprint density at radius 1 is 1.04 bits per heavy atom. The maximum Gasteiger partial charge on any atom is 0.412 e. The summed E-state index contributed by atoms with van der Waals surface area (Å²) in [4.78, 5) is 38.1. The van der Waals surface area contributed by atoms with E-state index in [2.05, 4.69) is 5.32 Å². The van der Waals surface area contributed by atoms with Crippen molar-refractivity contribution in [3.05, 3.63) is 11.8 Å². The minimum Gasteiger partial charge on any atom is -0.464 e. The number of methoxy groups -OCH3 is 1. The number of nitrogens with one attached hydrogen (secondary N) is 1. The number of fused-ring (bicyclic) bond motifs is 1. The zero-order chi connectivity index (χ0) is 20.6. The van der Waals surface area contributed by atoms with Gasteiger partial charge in [-0.2, -0.15) is 0 Å². The lowest BCUT2D eigenvalue weighted by Crippen LogP contribution is -2.38. The molecule has 2 aliphatic rings. The molecule has 152 valence electrons. The first-order chi connectivity index (χ1) is 12.3. The van der Waals surface area contributed by atoms with Crippen molar-refractivity contribution >= 4 is 18.2 Å². The molecule has 1 aliphatic carbocycles. The molecule has 1 heterocycles. The van der Waals surface area contributed by atoms with Gasteiger partial charge in [-0.15, -0.1) is 0 Å². The van der Waals surface area contributed by atoms with Crippen LogP contribution in [0.4, 0.5) is 9.59 Å². The molecule has 1 N–H and O–H groups in total. The molecule has 27 heavy (non-hydrogen) atoms. The van der Waals surface area contributed by atoms with E-state index < -0.39 is 23.3 Å². The SMILES string of the molecule is COC(=O)/C(=C\[C@H]1CN(C(=O)OC(C)(C)C)[C@H]2C[C@@H]12)NC(=O)OC(C)(C)C. The topological polar surface area (TPSA) is 94.2 Å². The third kappa shape index (κ3) is 5.87. The second-order valence-corrected chi connectivity index (χ2v) is 8.96. The molecule has 0 aromatic rings. The van der Waals surface area contributed by atoms with Gasteiger partial charge in [0.15, 0.2) is 0 Å². The Balaban J connectivity index is 2.08. The number of ether oxygens (including phenoxy) is 3. The third-order valence-electron chi connectivity index (χ3n) is 4.21. The maximum atomic E-state index is 12.4. The van der Waals surface area contributed by atoms with Crippen molar-refractivity contribution in [3.63, 3.8) is 0 Å². The van der Waals surface area contributed by atoms with E-state index in [0.29, 0.717) is 6.54 Å². The van der Waals surface area contributed by atoms with Crippen molar-refractivity contribution in [1.29, 1.82) is 0 Å². The third-order valence-corrected chi connectivity index (χ3v) is 4.21. The van der Waals surface area contributed by atoms with Gasteiger partial charge in [-0.3, -0.25) is 5.32 Å². The minimum atomic E-state index is -0.728. The summed E-state index contributed by atoms with van der Waals surface area (Å²) < 4.78 is 15.4. The highest BCUT2D eigenvalue weighted by molar-refractivity contribution is 5.92. The Kier molecular flexibility index (Phi) is 5.77. The Morgan fingerprint density at radius 3 is 2.15 bits per heavy atom. The van der Waals surface area contributed by atoms with Crippen LogP contribution in [0.25, 0.3) is 0 Å². The van der Waals surface area contributed by atoms with Crippen LogP contribution in [0.1, 0.15) is 48.0 Å². The number of likely N-dealkylation sites (tertiary alicyclic amines) is 1. The molecule has 8 heteroatoms. The number of hydrogen-bond acceptors (Lipinski definition) is 6. The molecule has 2 fully saturated rings. The molecule has 2 amide bonds. The highest BCUT2D eigenvalue weighted by atomic mass is 16.6. The van der Waals surface area contributed by atoms with E-state index in [1.54, 1.807) is 31.7 Å². The normalized spacial score (nSPS) is 24.8. The number of carbonyl (C=O) groups is 3. The molecule has 0 radical (unpaired) electrons. The van der Waals surface area contributed by atoms with Crippen LogP contribution in [-0.4, -0.2) is 54.0 Å². The van der Waals surface area contributed by atoms with Gasteiger partial charge in [-0.1, -0.05) is 0 Å². The summed E-state index contributed by atoms with van der Waals surface area (Å²) in [5.41, 5.74) is -1.23. The van der Waals surface area contributed by atoms with Gasteiger partial charge in [-0.25, -0.2) is 14.4 Å². The zero-order valence-corrected chi connectivity index (χ0v) is 17.1. The minimum absolute atomic E-state index is 0.0217. The molecule has 2 rings (SSSR count). The van der Waals surface area contributed by atoms with E-state index in [0.717, 1.165) is 6.42 Å². The summed E-state index contributed by atoms with van der Waals surface area (Å²) in [6.45, 7) is 11.1. The molecule has 0 bridgehead atoms. The van der Waals surface area contributed by atoms with Gasteiger partial charge >= 0.3 is 18.2 Å². The molecule has 0 unspecified atom stereocenters. The smallest absolute Gasteiger partial charge is 0.412 e. The summed E-state index contributed by atoms with van der Waals surface area (Å²) in [5.74, 6) is -0.474. The Labute approximate surface area is 160 Å². The van der Waals surface area contributed by atoms with E-state index in [9.17, 15) is 14.4 Å². The number of alkyl carbamates (subject to hydrolysis) is 1. The van der Waals surface area contributed by atoms with Crippen molar-refractivity contribution in [2.24, 2.45) is 11.8 Å². The van der Waals surface area contributed by atoms with Crippen LogP contribution in [0.5, 0.6) is 0 Å². The highest BCUT2D eigenvalue weighted by Crippen LogP contribution is 2.49. The molecule has 1 aliphatic heterocycles. The van der Waals surface area contributed by atoms with E-state index in [1.165, 1.54) is 7.11 Å². The van der Waals surface area contributed by atoms with Gasteiger partial charge in [0.2, 0.25) is 0 Å². The van der Waals surface area contributed by atoms with E-state index in [4.69, 9.17) is 14.2 Å². The molecule has 8 nitrogen and oxygen atoms in total. The first kappa shape index (κ1) is 21.1. The van der Waals surface area contributed by atoms with Gasteiger partial charge < -0.3 is 19.1 Å². The largest absolute Gasteiger partial charge is 0.464 e. The van der Waals surface area contributed by atoms with Crippen molar-refractivity contribution in [2.45, 2.75) is 65.2 Å². The monoisotopic (exact) mass is 382 g/mol. The fourth-order valence-electron chi connectivity index (χ4n) is 3.12. The van der Waals surface area contributed by atoms with E-state index >= 15 is 0 Å². The number of piperidine rings is 1. The van der Waals surface area contributed by atoms with Crippen molar-refractivity contribution in [1.82, 2.24) is 10.2 Å². The Hall–Kier alpha value is -2.25. The van der Waals surface area contributed by atoms with Crippen molar-refractivity contribution < 1.29 is 28.6 Å². The van der Waals surface area contributed by atoms with Gasteiger partial charge in [0.05, 0.1) is 7.11 Å². The quantitative estimate of drug-likeness (QED) is 0.458. The van der Waals surface area contributed by atoms with Crippen LogP contribution in [-0.2, 0) is 19.0 Å². The second kappa shape index (κ2) is 7.40. The molecule has 3 atom stereocenters. The van der Waals surface area contributed by atoms with Gasteiger partial charge in [0, 0.05) is 18.5 Å². The number of carbonyl (C=O) groups excluding carboxylic acids is 3.